The molecule has 1 N–H and O–H groups in total. The minimum Gasteiger partial charge on any atom is -0.478 e. The average Bonchev–Trinajstić information content (AvgIpc) is 3.30. The van der Waals surface area contributed by atoms with Gasteiger partial charge in [-0.05, 0) is 67.6 Å². The van der Waals surface area contributed by atoms with Crippen molar-refractivity contribution in [3.63, 3.8) is 0 Å². The van der Waals surface area contributed by atoms with Gasteiger partial charge >= 0.3 is 5.97 Å². The summed E-state index contributed by atoms with van der Waals surface area (Å²) >= 11 is 1.45. The molecular weight excluding hydrogens is 472 g/mol. The van der Waals surface area contributed by atoms with Crippen LogP contribution in [-0.2, 0) is 16.1 Å². The highest BCUT2D eigenvalue weighted by molar-refractivity contribution is 7.16. The summed E-state index contributed by atoms with van der Waals surface area (Å²) in [7, 11) is 0. The third-order valence-corrected chi connectivity index (χ3v) is 7.53. The molecule has 0 aliphatic carbocycles. The van der Waals surface area contributed by atoms with Crippen LogP contribution in [0.4, 0.5) is 0 Å². The van der Waals surface area contributed by atoms with Gasteiger partial charge in [-0.15, -0.1) is 11.3 Å². The van der Waals surface area contributed by atoms with Gasteiger partial charge in [-0.2, -0.15) is 0 Å². The second-order valence-electron chi connectivity index (χ2n) is 8.71. The highest BCUT2D eigenvalue weighted by Crippen LogP contribution is 2.46. The van der Waals surface area contributed by atoms with Gasteiger partial charge in [0.05, 0.1) is 11.3 Å². The first-order chi connectivity index (χ1) is 17.4. The van der Waals surface area contributed by atoms with E-state index in [1.807, 2.05) is 60.5 Å². The zero-order valence-electron chi connectivity index (χ0n) is 20.1. The Morgan fingerprint density at radius 1 is 1.00 bits per heavy atom. The van der Waals surface area contributed by atoms with E-state index in [1.165, 1.54) is 18.3 Å². The first kappa shape index (κ1) is 23.6. The van der Waals surface area contributed by atoms with E-state index in [0.717, 1.165) is 38.3 Å². The predicted molar refractivity (Wildman–Crippen MR) is 139 cm³/mol. The summed E-state index contributed by atoms with van der Waals surface area (Å²) < 4.78 is 0. The van der Waals surface area contributed by atoms with Crippen LogP contribution in [0.25, 0.3) is 21.5 Å². The Balaban J connectivity index is 1.62. The van der Waals surface area contributed by atoms with Gasteiger partial charge in [-0.1, -0.05) is 6.07 Å². The summed E-state index contributed by atoms with van der Waals surface area (Å²) in [6, 6.07) is 11.4. The van der Waals surface area contributed by atoms with Crippen molar-refractivity contribution in [1.29, 1.82) is 0 Å². The van der Waals surface area contributed by atoms with E-state index in [4.69, 9.17) is 0 Å². The first-order valence-electron chi connectivity index (χ1n) is 11.5. The van der Waals surface area contributed by atoms with Crippen LogP contribution in [0.3, 0.4) is 0 Å². The Morgan fingerprint density at radius 3 is 2.47 bits per heavy atom. The molecule has 0 radical (unpaired) electrons. The van der Waals surface area contributed by atoms with Crippen LogP contribution in [0.5, 0.6) is 0 Å². The van der Waals surface area contributed by atoms with E-state index >= 15 is 0 Å². The maximum absolute atomic E-state index is 13.0. The number of carbonyl (C=O) groups is 2. The lowest BCUT2D eigenvalue weighted by molar-refractivity contribution is -0.133. The molecule has 4 aromatic rings. The maximum atomic E-state index is 13.0. The Kier molecular flexibility index (Phi) is 6.20. The molecule has 5 heterocycles. The van der Waals surface area contributed by atoms with Gasteiger partial charge in [0.25, 0.3) is 0 Å². The van der Waals surface area contributed by atoms with Crippen molar-refractivity contribution in [3.8, 4) is 11.3 Å². The molecule has 7 nitrogen and oxygen atoms in total. The van der Waals surface area contributed by atoms with Crippen LogP contribution in [0, 0.1) is 0 Å². The van der Waals surface area contributed by atoms with Crippen molar-refractivity contribution in [2.75, 3.05) is 0 Å². The van der Waals surface area contributed by atoms with Gasteiger partial charge in [-0.25, -0.2) is 9.78 Å². The molecule has 0 amide bonds. The monoisotopic (exact) mass is 496 g/mol. The van der Waals surface area contributed by atoms with E-state index < -0.39 is 11.9 Å². The number of thiophene rings is 1. The van der Waals surface area contributed by atoms with Gasteiger partial charge in [0.15, 0.2) is 5.78 Å². The number of pyridine rings is 3. The quantitative estimate of drug-likeness (QED) is 0.372. The molecule has 1 unspecified atom stereocenters. The number of hydrogen-bond donors (Lipinski definition) is 1. The third kappa shape index (κ3) is 4.09. The minimum absolute atomic E-state index is 0.149. The van der Waals surface area contributed by atoms with Crippen LogP contribution in [0.1, 0.15) is 37.8 Å². The zero-order valence-corrected chi connectivity index (χ0v) is 20.9. The van der Waals surface area contributed by atoms with Crippen molar-refractivity contribution in [1.82, 2.24) is 19.9 Å². The molecule has 0 fully saturated rings. The van der Waals surface area contributed by atoms with Crippen LogP contribution < -0.4 is 0 Å². The molecule has 0 bridgehead atoms. The van der Waals surface area contributed by atoms with Crippen LogP contribution in [-0.4, -0.2) is 36.7 Å². The van der Waals surface area contributed by atoms with Gasteiger partial charge in [0.1, 0.15) is 4.83 Å². The number of carboxylic acids is 1. The van der Waals surface area contributed by atoms with Crippen LogP contribution in [0.2, 0.25) is 0 Å². The molecular formula is C28H24N4O3S. The fourth-order valence-electron chi connectivity index (χ4n) is 4.94. The van der Waals surface area contributed by atoms with E-state index in [0.29, 0.717) is 17.8 Å². The highest BCUT2D eigenvalue weighted by atomic mass is 32.1. The Morgan fingerprint density at radius 2 is 1.75 bits per heavy atom. The number of rotatable bonds is 6. The average molecular weight is 497 g/mol. The normalized spacial score (nSPS) is 16.1. The molecule has 36 heavy (non-hydrogen) atoms. The topological polar surface area (TPSA) is 96.3 Å². The van der Waals surface area contributed by atoms with Crippen molar-refractivity contribution in [3.05, 3.63) is 100 Å². The number of carboxylic acid groups (broad SMARTS) is 1. The minimum atomic E-state index is -1.04. The van der Waals surface area contributed by atoms with Crippen molar-refractivity contribution < 1.29 is 14.7 Å². The number of Topliss-reactive ketones (excluding diaryl/α,β-unsaturated/α-hetero) is 1. The molecule has 1 atom stereocenters. The predicted octanol–water partition coefficient (Wildman–Crippen LogP) is 5.57. The largest absolute Gasteiger partial charge is 0.478 e. The van der Waals surface area contributed by atoms with E-state index in [-0.39, 0.29) is 11.4 Å². The second-order valence-corrected chi connectivity index (χ2v) is 9.57. The molecule has 4 aromatic heterocycles. The van der Waals surface area contributed by atoms with Crippen LogP contribution >= 0.6 is 11.3 Å². The van der Waals surface area contributed by atoms with Crippen molar-refractivity contribution in [2.45, 2.75) is 33.2 Å². The smallest absolute Gasteiger partial charge is 0.334 e. The lowest BCUT2D eigenvalue weighted by Gasteiger charge is -2.37. The molecule has 5 rings (SSSR count). The van der Waals surface area contributed by atoms with Gasteiger partial charge in [0, 0.05) is 65.2 Å². The summed E-state index contributed by atoms with van der Waals surface area (Å²) in [6.45, 7) is 5.62. The van der Waals surface area contributed by atoms with Gasteiger partial charge in [0.2, 0.25) is 0 Å². The molecule has 1 aliphatic rings. The molecule has 0 aromatic carbocycles. The zero-order chi connectivity index (χ0) is 25.4. The maximum Gasteiger partial charge on any atom is 0.334 e. The first-order valence-corrected chi connectivity index (χ1v) is 12.4. The fraction of sp³-hybridized carbons (Fsp3) is 0.179. The number of ketones is 1. The second kappa shape index (κ2) is 9.47. The van der Waals surface area contributed by atoms with E-state index in [9.17, 15) is 14.7 Å². The van der Waals surface area contributed by atoms with Gasteiger partial charge < -0.3 is 10.0 Å². The molecule has 8 heteroatoms. The molecule has 0 spiro atoms. The number of nitrogens with zero attached hydrogens (tertiary/aromatic N) is 4. The summed E-state index contributed by atoms with van der Waals surface area (Å²) in [5, 5.41) is 13.2. The van der Waals surface area contributed by atoms with Crippen LogP contribution in [0.15, 0.2) is 89.1 Å². The summed E-state index contributed by atoms with van der Waals surface area (Å²) in [5.74, 6) is -1.85. The number of aliphatic carboxylic acids is 1. The SMILES string of the molecule is CC(=O)C1=C(C)N(Cc2ccnc(-c3ccncc3)c2)C(C)=C(C(=O)O)C1c1csc2ncccc12. The molecule has 0 saturated carbocycles. The van der Waals surface area contributed by atoms with Crippen molar-refractivity contribution >= 4 is 33.3 Å². The standard InChI is InChI=1S/C28H24N4O3S/c1-16-24(18(3)33)26(22-15-36-27-21(22)5-4-9-31-27)25(28(34)35)17(2)32(16)14-19-6-12-30-23(13-19)20-7-10-29-11-8-20/h4-13,15,26H,14H2,1-3H3,(H,34,35). The summed E-state index contributed by atoms with van der Waals surface area (Å²) in [6.07, 6.45) is 6.89. The Bertz CT molecular complexity index is 1520. The number of aromatic nitrogens is 3. The Hall–Kier alpha value is -4.17. The Labute approximate surface area is 212 Å². The molecule has 1 aliphatic heterocycles. The van der Waals surface area contributed by atoms with Gasteiger partial charge in [-0.3, -0.25) is 14.8 Å². The highest BCUT2D eigenvalue weighted by Gasteiger charge is 2.39. The number of fused-ring (bicyclic) bond motifs is 1. The van der Waals surface area contributed by atoms with E-state index in [1.54, 1.807) is 24.8 Å². The van der Waals surface area contributed by atoms with E-state index in [2.05, 4.69) is 15.0 Å². The summed E-state index contributed by atoms with van der Waals surface area (Å²) in [4.78, 5) is 41.4. The lowest BCUT2D eigenvalue weighted by Crippen LogP contribution is -2.33. The summed E-state index contributed by atoms with van der Waals surface area (Å²) in [5.41, 5.74) is 5.55. The molecule has 180 valence electrons. The number of carbonyl (C=O) groups excluding carboxylic acids is 1. The third-order valence-electron chi connectivity index (χ3n) is 6.61. The van der Waals surface area contributed by atoms with Crippen molar-refractivity contribution in [2.24, 2.45) is 0 Å². The number of allylic oxidation sites excluding steroid dienone is 3. The lowest BCUT2D eigenvalue weighted by atomic mass is 9.78. The fourth-order valence-corrected chi connectivity index (χ4v) is 5.87. The molecule has 0 saturated heterocycles. The number of hydrogen-bond acceptors (Lipinski definition) is 7.